The van der Waals surface area contributed by atoms with Gasteiger partial charge in [0.15, 0.2) is 5.60 Å². The van der Waals surface area contributed by atoms with E-state index < -0.39 is 5.60 Å². The summed E-state index contributed by atoms with van der Waals surface area (Å²) in [6.07, 6.45) is 0. The molecule has 30 heavy (non-hydrogen) atoms. The van der Waals surface area contributed by atoms with Crippen LogP contribution in [-0.4, -0.2) is 10.8 Å². The smallest absolute Gasteiger partial charge is 0.159 e. The van der Waals surface area contributed by atoms with E-state index in [-0.39, 0.29) is 0 Å². The van der Waals surface area contributed by atoms with Crippen LogP contribution in [0.5, 0.6) is 0 Å². The number of para-hydroxylation sites is 1. The Morgan fingerprint density at radius 1 is 0.567 bits per heavy atom. The number of rotatable bonds is 2. The maximum absolute atomic E-state index is 12.5. The molecule has 0 saturated carbocycles. The van der Waals surface area contributed by atoms with Gasteiger partial charge >= 0.3 is 0 Å². The predicted molar refractivity (Wildman–Crippen MR) is 124 cm³/mol. The number of benzene rings is 5. The first kappa shape index (κ1) is 17.1. The number of nitrogens with zero attached hydrogens (tertiary/aromatic N) is 1. The maximum atomic E-state index is 12.5. The molecule has 1 unspecified atom stereocenters. The van der Waals surface area contributed by atoms with Crippen molar-refractivity contribution in [3.8, 4) is 0 Å². The Kier molecular flexibility index (Phi) is 3.64. The molecular weight excluding hydrogens is 366 g/mol. The van der Waals surface area contributed by atoms with Crippen LogP contribution >= 0.6 is 0 Å². The van der Waals surface area contributed by atoms with Crippen molar-refractivity contribution in [2.75, 3.05) is 0 Å². The first-order chi connectivity index (χ1) is 14.8. The molecule has 1 aliphatic carbocycles. The molecule has 0 saturated heterocycles. The lowest BCUT2D eigenvalue weighted by Gasteiger charge is -2.28. The van der Waals surface area contributed by atoms with Gasteiger partial charge in [0.2, 0.25) is 0 Å². The maximum Gasteiger partial charge on any atom is 0.159 e. The highest BCUT2D eigenvalue weighted by Crippen LogP contribution is 2.47. The van der Waals surface area contributed by atoms with Gasteiger partial charge < -0.3 is 5.11 Å². The number of aliphatic imine (C=N–C) groups is 1. The van der Waals surface area contributed by atoms with Crippen molar-refractivity contribution in [2.24, 2.45) is 4.99 Å². The predicted octanol–water partition coefficient (Wildman–Crippen LogP) is 6.36. The van der Waals surface area contributed by atoms with E-state index in [9.17, 15) is 5.11 Å². The molecule has 5 aromatic carbocycles. The Morgan fingerprint density at radius 3 is 2.03 bits per heavy atom. The second-order valence-corrected chi connectivity index (χ2v) is 7.74. The summed E-state index contributed by atoms with van der Waals surface area (Å²) in [4.78, 5) is 5.00. The van der Waals surface area contributed by atoms with Crippen molar-refractivity contribution < 1.29 is 5.11 Å². The lowest BCUT2D eigenvalue weighted by atomic mass is 9.82. The first-order valence-corrected chi connectivity index (χ1v) is 10.1. The van der Waals surface area contributed by atoms with Crippen LogP contribution in [0.1, 0.15) is 16.7 Å². The Bertz CT molecular complexity index is 1440. The topological polar surface area (TPSA) is 32.6 Å². The molecule has 0 aliphatic heterocycles. The zero-order valence-electron chi connectivity index (χ0n) is 16.3. The quantitative estimate of drug-likeness (QED) is 0.377. The Labute approximate surface area is 174 Å². The summed E-state index contributed by atoms with van der Waals surface area (Å²) < 4.78 is 0. The van der Waals surface area contributed by atoms with Crippen molar-refractivity contribution in [2.45, 2.75) is 5.60 Å². The number of fused-ring (bicyclic) bond motifs is 1. The van der Waals surface area contributed by atoms with Gasteiger partial charge in [0.05, 0.1) is 11.4 Å². The van der Waals surface area contributed by atoms with Crippen LogP contribution in [0, 0.1) is 0 Å². The van der Waals surface area contributed by atoms with Gasteiger partial charge in [-0.25, -0.2) is 4.99 Å². The molecule has 1 aliphatic rings. The SMILES string of the molecule is OC1(c2cccc3ccccc23)C(=Nc2ccccc2)c2cccc3cccc1c23. The third-order valence-corrected chi connectivity index (χ3v) is 6.07. The third-order valence-electron chi connectivity index (χ3n) is 6.07. The van der Waals surface area contributed by atoms with E-state index in [0.717, 1.165) is 43.9 Å². The molecular formula is C28H19NO. The zero-order chi connectivity index (χ0) is 20.1. The molecule has 0 fully saturated rings. The fraction of sp³-hybridized carbons (Fsp3) is 0.0357. The lowest BCUT2D eigenvalue weighted by Crippen LogP contribution is -2.34. The second-order valence-electron chi connectivity index (χ2n) is 7.74. The molecule has 2 heteroatoms. The van der Waals surface area contributed by atoms with E-state index in [1.54, 1.807) is 0 Å². The molecule has 0 bridgehead atoms. The Balaban J connectivity index is 1.75. The molecule has 0 heterocycles. The molecule has 142 valence electrons. The fourth-order valence-corrected chi connectivity index (χ4v) is 4.75. The highest BCUT2D eigenvalue weighted by atomic mass is 16.3. The Hall–Kier alpha value is -3.75. The van der Waals surface area contributed by atoms with Crippen LogP contribution in [0.25, 0.3) is 21.5 Å². The monoisotopic (exact) mass is 385 g/mol. The minimum atomic E-state index is -1.33. The average molecular weight is 385 g/mol. The molecule has 0 amide bonds. The number of aliphatic hydroxyl groups is 1. The minimum absolute atomic E-state index is 0.678. The van der Waals surface area contributed by atoms with Gasteiger partial charge in [-0.05, 0) is 33.7 Å². The molecule has 1 atom stereocenters. The molecule has 0 aromatic heterocycles. The van der Waals surface area contributed by atoms with Crippen molar-refractivity contribution in [3.63, 3.8) is 0 Å². The molecule has 0 radical (unpaired) electrons. The molecule has 6 rings (SSSR count). The van der Waals surface area contributed by atoms with Crippen molar-refractivity contribution in [3.05, 3.63) is 126 Å². The van der Waals surface area contributed by atoms with Crippen molar-refractivity contribution >= 4 is 32.9 Å². The number of hydrogen-bond acceptors (Lipinski definition) is 2. The standard InChI is InChI=1S/C28H19NO/c30-28(24-17-7-10-19-9-4-5-15-22(19)24)25-18-8-12-20-11-6-16-23(26(20)25)27(28)29-21-13-2-1-3-14-21/h1-18,30H. The minimum Gasteiger partial charge on any atom is -0.374 e. The molecule has 1 N–H and O–H groups in total. The van der Waals surface area contributed by atoms with Crippen LogP contribution in [0.2, 0.25) is 0 Å². The van der Waals surface area contributed by atoms with Crippen LogP contribution < -0.4 is 0 Å². The lowest BCUT2D eigenvalue weighted by molar-refractivity contribution is 0.162. The highest BCUT2D eigenvalue weighted by molar-refractivity contribution is 6.24. The summed E-state index contributed by atoms with van der Waals surface area (Å²) in [6.45, 7) is 0. The van der Waals surface area contributed by atoms with Crippen molar-refractivity contribution in [1.29, 1.82) is 0 Å². The normalized spacial score (nSPS) is 19.0. The van der Waals surface area contributed by atoms with E-state index >= 15 is 0 Å². The van der Waals surface area contributed by atoms with Crippen LogP contribution in [0.3, 0.4) is 0 Å². The number of hydrogen-bond donors (Lipinski definition) is 1. The average Bonchev–Trinajstić information content (AvgIpc) is 3.05. The summed E-state index contributed by atoms with van der Waals surface area (Å²) in [6, 6.07) is 36.5. The summed E-state index contributed by atoms with van der Waals surface area (Å²) >= 11 is 0. The molecule has 2 nitrogen and oxygen atoms in total. The van der Waals surface area contributed by atoms with E-state index in [4.69, 9.17) is 4.99 Å². The van der Waals surface area contributed by atoms with Gasteiger partial charge in [-0.1, -0.05) is 97.1 Å². The van der Waals surface area contributed by atoms with Crippen LogP contribution in [0.15, 0.2) is 114 Å². The van der Waals surface area contributed by atoms with E-state index in [1.165, 1.54) is 0 Å². The van der Waals surface area contributed by atoms with E-state index in [1.807, 2.05) is 72.8 Å². The second kappa shape index (κ2) is 6.38. The van der Waals surface area contributed by atoms with E-state index in [0.29, 0.717) is 5.71 Å². The van der Waals surface area contributed by atoms with Gasteiger partial charge in [-0.2, -0.15) is 0 Å². The van der Waals surface area contributed by atoms with Crippen molar-refractivity contribution in [1.82, 2.24) is 0 Å². The zero-order valence-corrected chi connectivity index (χ0v) is 16.3. The summed E-state index contributed by atoms with van der Waals surface area (Å²) in [7, 11) is 0. The highest BCUT2D eigenvalue weighted by Gasteiger charge is 2.46. The van der Waals surface area contributed by atoms with Crippen LogP contribution in [-0.2, 0) is 5.60 Å². The third kappa shape index (κ3) is 2.31. The molecule has 5 aromatic rings. The molecule has 0 spiro atoms. The van der Waals surface area contributed by atoms with Gasteiger partial charge in [0.25, 0.3) is 0 Å². The summed E-state index contributed by atoms with van der Waals surface area (Å²) in [5, 5.41) is 16.8. The van der Waals surface area contributed by atoms with Gasteiger partial charge in [0.1, 0.15) is 0 Å². The largest absolute Gasteiger partial charge is 0.374 e. The Morgan fingerprint density at radius 2 is 1.20 bits per heavy atom. The van der Waals surface area contributed by atoms with Gasteiger partial charge in [-0.3, -0.25) is 0 Å². The van der Waals surface area contributed by atoms with E-state index in [2.05, 4.69) is 36.4 Å². The van der Waals surface area contributed by atoms with Crippen LogP contribution in [0.4, 0.5) is 5.69 Å². The van der Waals surface area contributed by atoms with Gasteiger partial charge in [0, 0.05) is 16.7 Å². The fourth-order valence-electron chi connectivity index (χ4n) is 4.75. The first-order valence-electron chi connectivity index (χ1n) is 10.1. The van der Waals surface area contributed by atoms with Gasteiger partial charge in [-0.15, -0.1) is 0 Å². The summed E-state index contributed by atoms with van der Waals surface area (Å²) in [5.74, 6) is 0. The summed E-state index contributed by atoms with van der Waals surface area (Å²) in [5.41, 5.74) is 2.91.